The van der Waals surface area contributed by atoms with Crippen molar-refractivity contribution >= 4 is 34.1 Å². The maximum Gasteiger partial charge on any atom is 0.0705 e. The molecule has 9 aromatic rings. The maximum atomic E-state index is 4.81. The molecular weight excluding hydrogens is 1000 g/mol. The molecule has 0 N–H and O–H groups in total. The molecule has 10 rings (SSSR count). The van der Waals surface area contributed by atoms with Crippen LogP contribution < -0.4 is 9.80 Å². The monoisotopic (exact) mass is 1090 g/mol. The second-order valence-electron chi connectivity index (χ2n) is 24.0. The lowest BCUT2D eigenvalue weighted by Gasteiger charge is -2.33. The van der Waals surface area contributed by atoms with Crippen molar-refractivity contribution in [1.29, 1.82) is 0 Å². The van der Waals surface area contributed by atoms with E-state index in [0.717, 1.165) is 63.9 Å². The van der Waals surface area contributed by atoms with Crippen molar-refractivity contribution in [2.75, 3.05) is 9.80 Å². The lowest BCUT2D eigenvalue weighted by molar-refractivity contribution is 0.398. The summed E-state index contributed by atoms with van der Waals surface area (Å²) in [5.74, 6) is 0. The van der Waals surface area contributed by atoms with Gasteiger partial charge in [0.2, 0.25) is 0 Å². The van der Waals surface area contributed by atoms with Crippen LogP contribution in [0.2, 0.25) is 0 Å². The van der Waals surface area contributed by atoms with Crippen LogP contribution in [0.3, 0.4) is 0 Å². The Hall–Kier alpha value is -7.49. The zero-order valence-electron chi connectivity index (χ0n) is 51.0. The number of hydrogen-bond acceptors (Lipinski definition) is 3. The van der Waals surface area contributed by atoms with Gasteiger partial charge in [0, 0.05) is 50.8 Å². The summed E-state index contributed by atoms with van der Waals surface area (Å²) in [6, 6.07) is 76.0. The number of nitrogens with zero attached hydrogens (tertiary/aromatic N) is 3. The molecule has 8 aromatic carbocycles. The average molecular weight is 1090 g/mol. The number of benzene rings is 8. The zero-order chi connectivity index (χ0) is 57.4. The number of fused-ring (bicyclic) bond motifs is 3. The van der Waals surface area contributed by atoms with E-state index in [1.54, 1.807) is 11.1 Å². The van der Waals surface area contributed by atoms with Crippen molar-refractivity contribution in [2.45, 2.75) is 175 Å². The van der Waals surface area contributed by atoms with E-state index in [9.17, 15) is 0 Å². The molecule has 0 aliphatic heterocycles. The molecule has 0 bridgehead atoms. The molecule has 0 amide bonds. The van der Waals surface area contributed by atoms with Crippen LogP contribution in [0, 0.1) is 13.8 Å². The summed E-state index contributed by atoms with van der Waals surface area (Å²) in [7, 11) is 0. The molecule has 0 radical (unpaired) electrons. The fourth-order valence-corrected chi connectivity index (χ4v) is 13.0. The second kappa shape index (κ2) is 28.7. The first kappa shape index (κ1) is 58.7. The summed E-state index contributed by atoms with van der Waals surface area (Å²) in [6.45, 7) is 13.5. The lowest BCUT2D eigenvalue weighted by Crippen LogP contribution is -2.25. The fourth-order valence-electron chi connectivity index (χ4n) is 13.0. The minimum atomic E-state index is 0.0464. The minimum Gasteiger partial charge on any atom is -0.311 e. The van der Waals surface area contributed by atoms with E-state index in [1.807, 2.05) is 13.0 Å². The Balaban J connectivity index is 0.940. The highest BCUT2D eigenvalue weighted by Crippen LogP contribution is 2.55. The van der Waals surface area contributed by atoms with Crippen molar-refractivity contribution in [3.05, 3.63) is 234 Å². The van der Waals surface area contributed by atoms with Gasteiger partial charge in [0.15, 0.2) is 0 Å². The van der Waals surface area contributed by atoms with Gasteiger partial charge in [0.05, 0.1) is 5.69 Å². The van der Waals surface area contributed by atoms with E-state index in [4.69, 9.17) is 4.98 Å². The second-order valence-corrected chi connectivity index (χ2v) is 24.0. The minimum absolute atomic E-state index is 0.0464. The molecule has 1 aromatic heterocycles. The molecule has 1 heterocycles. The maximum absolute atomic E-state index is 4.81. The van der Waals surface area contributed by atoms with Crippen LogP contribution in [0.5, 0.6) is 0 Å². The molecular formula is C80H91N3. The van der Waals surface area contributed by atoms with E-state index in [2.05, 4.69) is 239 Å². The van der Waals surface area contributed by atoms with Gasteiger partial charge in [0.25, 0.3) is 0 Å². The Labute approximate surface area is 499 Å². The first-order chi connectivity index (χ1) is 40.8. The van der Waals surface area contributed by atoms with E-state index in [0.29, 0.717) is 0 Å². The van der Waals surface area contributed by atoms with Crippen molar-refractivity contribution in [1.82, 2.24) is 4.98 Å². The standard InChI is InChI=1S/C80H91N3/c1-7-11-15-17-19-21-56-80(57-22-20-18-16-12-8-2)77-58-60(5)28-54-75(77)76-55-41-68(59-78(76)80)66-37-50-73(51-38-66)82(69-42-29-62(30-43-69)25-13-9-3)71-46-33-64(34-47-71)65-35-48-72(49-36-65)83(70-44-31-63(32-45-70)26-14-10-4)74-52-39-67(40-53-74)79-27-23-24-61(6)81-79/h23-24,27-55,58-59H,7-22,25-26,56-57H2,1-6H3. The van der Waals surface area contributed by atoms with E-state index in [1.165, 1.54) is 166 Å². The topological polar surface area (TPSA) is 19.4 Å². The third-order valence-electron chi connectivity index (χ3n) is 17.8. The first-order valence-corrected chi connectivity index (χ1v) is 32.2. The van der Waals surface area contributed by atoms with Gasteiger partial charge in [-0.1, -0.05) is 232 Å². The van der Waals surface area contributed by atoms with Crippen molar-refractivity contribution in [2.24, 2.45) is 0 Å². The molecule has 83 heavy (non-hydrogen) atoms. The predicted molar refractivity (Wildman–Crippen MR) is 359 cm³/mol. The lowest BCUT2D eigenvalue weighted by atomic mass is 9.70. The summed E-state index contributed by atoms with van der Waals surface area (Å²) in [6.07, 6.45) is 25.3. The van der Waals surface area contributed by atoms with Crippen LogP contribution in [-0.4, -0.2) is 4.98 Å². The molecule has 0 unspecified atom stereocenters. The summed E-state index contributed by atoms with van der Waals surface area (Å²) >= 11 is 0. The Kier molecular flexibility index (Phi) is 20.3. The number of rotatable bonds is 29. The van der Waals surface area contributed by atoms with Crippen LogP contribution in [0.4, 0.5) is 34.1 Å². The molecule has 3 nitrogen and oxygen atoms in total. The van der Waals surface area contributed by atoms with Crippen molar-refractivity contribution in [3.63, 3.8) is 0 Å². The molecule has 0 fully saturated rings. The molecule has 0 atom stereocenters. The van der Waals surface area contributed by atoms with E-state index in [-0.39, 0.29) is 5.41 Å². The molecule has 3 heteroatoms. The van der Waals surface area contributed by atoms with Gasteiger partial charge in [-0.25, -0.2) is 0 Å². The molecule has 0 saturated heterocycles. The Bertz CT molecular complexity index is 3430. The summed E-state index contributed by atoms with van der Waals surface area (Å²) in [5, 5.41) is 0. The fraction of sp³-hybridized carbons (Fsp3) is 0.338. The van der Waals surface area contributed by atoms with Gasteiger partial charge >= 0.3 is 0 Å². The summed E-state index contributed by atoms with van der Waals surface area (Å²) in [5.41, 5.74) is 25.2. The number of pyridine rings is 1. The Morgan fingerprint density at radius 3 is 1.12 bits per heavy atom. The first-order valence-electron chi connectivity index (χ1n) is 32.2. The van der Waals surface area contributed by atoms with Crippen molar-refractivity contribution in [3.8, 4) is 44.6 Å². The largest absolute Gasteiger partial charge is 0.311 e. The van der Waals surface area contributed by atoms with Gasteiger partial charge in [-0.15, -0.1) is 0 Å². The van der Waals surface area contributed by atoms with Crippen molar-refractivity contribution < 1.29 is 0 Å². The van der Waals surface area contributed by atoms with Crippen LogP contribution in [0.25, 0.3) is 44.6 Å². The number of hydrogen-bond donors (Lipinski definition) is 0. The summed E-state index contributed by atoms with van der Waals surface area (Å²) < 4.78 is 0. The average Bonchev–Trinajstić information content (AvgIpc) is 2.48. The predicted octanol–water partition coefficient (Wildman–Crippen LogP) is 24.1. The van der Waals surface area contributed by atoms with Gasteiger partial charge in [-0.2, -0.15) is 0 Å². The number of anilines is 6. The Morgan fingerprint density at radius 1 is 0.325 bits per heavy atom. The van der Waals surface area contributed by atoms with Crippen LogP contribution in [0.15, 0.2) is 200 Å². The van der Waals surface area contributed by atoms with Gasteiger partial charge in [0.1, 0.15) is 0 Å². The molecule has 1 aliphatic carbocycles. The van der Waals surface area contributed by atoms with Gasteiger partial charge in [-0.05, 0) is 199 Å². The molecule has 0 spiro atoms. The molecule has 0 saturated carbocycles. The Morgan fingerprint density at radius 2 is 0.687 bits per heavy atom. The highest BCUT2D eigenvalue weighted by molar-refractivity contribution is 5.86. The third kappa shape index (κ3) is 14.1. The molecule has 1 aliphatic rings. The number of unbranched alkanes of at least 4 members (excludes halogenated alkanes) is 12. The highest BCUT2D eigenvalue weighted by Gasteiger charge is 2.42. The highest BCUT2D eigenvalue weighted by atomic mass is 15.1. The normalized spacial score (nSPS) is 12.3. The number of aromatic nitrogens is 1. The van der Waals surface area contributed by atoms with Gasteiger partial charge in [-0.3, -0.25) is 4.98 Å². The summed E-state index contributed by atoms with van der Waals surface area (Å²) in [4.78, 5) is 9.60. The van der Waals surface area contributed by atoms with Crippen LogP contribution in [-0.2, 0) is 18.3 Å². The third-order valence-corrected chi connectivity index (χ3v) is 17.8. The number of aryl methyl sites for hydroxylation is 4. The SMILES string of the molecule is CCCCCCCCC1(CCCCCCCC)c2cc(C)ccc2-c2ccc(-c3ccc(N(c4ccc(CCCC)cc4)c4ccc(-c5ccc(N(c6ccc(CCCC)cc6)c6ccc(-c7cccc(C)n7)cc6)cc5)cc4)cc3)cc21. The molecule has 426 valence electrons. The smallest absolute Gasteiger partial charge is 0.0705 e. The van der Waals surface area contributed by atoms with Crippen LogP contribution >= 0.6 is 0 Å². The quantitative estimate of drug-likeness (QED) is 0.0436. The zero-order valence-corrected chi connectivity index (χ0v) is 51.0. The van der Waals surface area contributed by atoms with E-state index >= 15 is 0 Å². The van der Waals surface area contributed by atoms with Gasteiger partial charge < -0.3 is 9.80 Å². The van der Waals surface area contributed by atoms with Crippen LogP contribution in [0.1, 0.15) is 177 Å². The van der Waals surface area contributed by atoms with E-state index < -0.39 is 0 Å².